The molecule has 24 heavy (non-hydrogen) atoms. The summed E-state index contributed by atoms with van der Waals surface area (Å²) in [7, 11) is 0. The van der Waals surface area contributed by atoms with Gasteiger partial charge in [0.05, 0.1) is 22.2 Å². The number of aromatic nitrogens is 2. The van der Waals surface area contributed by atoms with Crippen LogP contribution in [0.1, 0.15) is 25.5 Å². The fourth-order valence-corrected chi connectivity index (χ4v) is 4.61. The largest absolute Gasteiger partial charge is 0.481 e. The van der Waals surface area contributed by atoms with Gasteiger partial charge >= 0.3 is 5.97 Å². The second kappa shape index (κ2) is 6.86. The zero-order valence-electron chi connectivity index (χ0n) is 13.4. The van der Waals surface area contributed by atoms with Gasteiger partial charge in [0.15, 0.2) is 10.3 Å². The Balaban J connectivity index is 1.79. The average Bonchev–Trinajstić information content (AvgIpc) is 3.13. The third-order valence-electron chi connectivity index (χ3n) is 3.85. The molecule has 0 saturated carbocycles. The molecule has 0 aromatic carbocycles. The van der Waals surface area contributed by atoms with Crippen molar-refractivity contribution in [2.24, 2.45) is 5.92 Å². The summed E-state index contributed by atoms with van der Waals surface area (Å²) in [6.45, 7) is 4.67. The predicted molar refractivity (Wildman–Crippen MR) is 94.8 cm³/mol. The van der Waals surface area contributed by atoms with Crippen LogP contribution in [-0.4, -0.2) is 40.0 Å². The quantitative estimate of drug-likeness (QED) is 0.864. The van der Waals surface area contributed by atoms with Crippen molar-refractivity contribution in [1.82, 2.24) is 9.97 Å². The van der Waals surface area contributed by atoms with Crippen molar-refractivity contribution in [3.63, 3.8) is 0 Å². The summed E-state index contributed by atoms with van der Waals surface area (Å²) >= 11 is 2.90. The van der Waals surface area contributed by atoms with Gasteiger partial charge in [-0.05, 0) is 19.8 Å². The molecule has 1 fully saturated rings. The highest BCUT2D eigenvalue weighted by Gasteiger charge is 2.27. The fourth-order valence-electron chi connectivity index (χ4n) is 2.70. The van der Waals surface area contributed by atoms with E-state index >= 15 is 0 Å². The molecule has 2 aromatic heterocycles. The van der Waals surface area contributed by atoms with Crippen molar-refractivity contribution >= 4 is 44.8 Å². The second-order valence-electron chi connectivity index (χ2n) is 5.75. The molecular weight excluding hydrogens is 348 g/mol. The first-order valence-electron chi connectivity index (χ1n) is 7.62. The van der Waals surface area contributed by atoms with E-state index in [1.165, 1.54) is 29.6 Å². The highest BCUT2D eigenvalue weighted by molar-refractivity contribution is 7.19. The summed E-state index contributed by atoms with van der Waals surface area (Å²) in [6, 6.07) is 0. The number of amides is 1. The number of carbonyl (C=O) groups excluding carboxylic acids is 1. The van der Waals surface area contributed by atoms with Crippen LogP contribution in [0.2, 0.25) is 0 Å². The summed E-state index contributed by atoms with van der Waals surface area (Å²) in [4.78, 5) is 34.3. The van der Waals surface area contributed by atoms with Gasteiger partial charge in [-0.2, -0.15) is 0 Å². The number of nitrogens with zero attached hydrogens (tertiary/aromatic N) is 3. The third kappa shape index (κ3) is 3.57. The SMILES string of the molecule is CC(=O)Nc1nc(C)c(-c2csc(N3CCCC(C(=O)O)C3)n2)s1. The first-order valence-corrected chi connectivity index (χ1v) is 9.32. The van der Waals surface area contributed by atoms with Crippen LogP contribution in [-0.2, 0) is 9.59 Å². The molecule has 3 rings (SSSR count). The summed E-state index contributed by atoms with van der Waals surface area (Å²) in [5.41, 5.74) is 1.64. The molecule has 1 saturated heterocycles. The second-order valence-corrected chi connectivity index (χ2v) is 7.59. The van der Waals surface area contributed by atoms with Crippen LogP contribution in [0.3, 0.4) is 0 Å². The molecule has 1 atom stereocenters. The normalized spacial score (nSPS) is 17.8. The van der Waals surface area contributed by atoms with Crippen molar-refractivity contribution in [1.29, 1.82) is 0 Å². The Morgan fingerprint density at radius 2 is 2.21 bits per heavy atom. The number of thiazole rings is 2. The van der Waals surface area contributed by atoms with Crippen molar-refractivity contribution in [3.05, 3.63) is 11.1 Å². The smallest absolute Gasteiger partial charge is 0.308 e. The predicted octanol–water partition coefficient (Wildman–Crippen LogP) is 2.83. The first kappa shape index (κ1) is 16.8. The number of carboxylic acid groups (broad SMARTS) is 1. The molecule has 1 unspecified atom stereocenters. The van der Waals surface area contributed by atoms with Gasteiger partial charge in [-0.15, -0.1) is 11.3 Å². The number of anilines is 2. The van der Waals surface area contributed by atoms with E-state index in [1.807, 2.05) is 17.2 Å². The maximum Gasteiger partial charge on any atom is 0.308 e. The lowest BCUT2D eigenvalue weighted by atomic mass is 9.99. The lowest BCUT2D eigenvalue weighted by Crippen LogP contribution is -2.38. The summed E-state index contributed by atoms with van der Waals surface area (Å²) < 4.78 is 0. The maximum atomic E-state index is 11.2. The molecule has 2 aromatic rings. The zero-order chi connectivity index (χ0) is 17.3. The van der Waals surface area contributed by atoms with Gasteiger partial charge in [-0.3, -0.25) is 9.59 Å². The topological polar surface area (TPSA) is 95.4 Å². The Hall–Kier alpha value is -2.00. The van der Waals surface area contributed by atoms with Crippen molar-refractivity contribution in [2.45, 2.75) is 26.7 Å². The van der Waals surface area contributed by atoms with E-state index in [1.54, 1.807) is 0 Å². The van der Waals surface area contributed by atoms with Crippen LogP contribution in [0.5, 0.6) is 0 Å². The van der Waals surface area contributed by atoms with E-state index in [4.69, 9.17) is 0 Å². The van der Waals surface area contributed by atoms with Gasteiger partial charge in [0.1, 0.15) is 0 Å². The molecule has 3 heterocycles. The minimum atomic E-state index is -0.741. The Morgan fingerprint density at radius 1 is 1.42 bits per heavy atom. The van der Waals surface area contributed by atoms with E-state index in [0.717, 1.165) is 40.8 Å². The number of carbonyl (C=O) groups is 2. The number of hydrogen-bond acceptors (Lipinski definition) is 7. The Kier molecular flexibility index (Phi) is 4.81. The number of carboxylic acids is 1. The molecule has 0 radical (unpaired) electrons. The van der Waals surface area contributed by atoms with Gasteiger partial charge in [0, 0.05) is 25.4 Å². The molecule has 0 spiro atoms. The van der Waals surface area contributed by atoms with Gasteiger partial charge in [0.2, 0.25) is 5.91 Å². The van der Waals surface area contributed by atoms with Crippen LogP contribution in [0.15, 0.2) is 5.38 Å². The minimum Gasteiger partial charge on any atom is -0.481 e. The monoisotopic (exact) mass is 366 g/mol. The number of aliphatic carboxylic acids is 1. The highest BCUT2D eigenvalue weighted by Crippen LogP contribution is 2.36. The fraction of sp³-hybridized carbons (Fsp3) is 0.467. The average molecular weight is 366 g/mol. The van der Waals surface area contributed by atoms with Gasteiger partial charge < -0.3 is 15.3 Å². The van der Waals surface area contributed by atoms with Crippen molar-refractivity contribution < 1.29 is 14.7 Å². The van der Waals surface area contributed by atoms with Gasteiger partial charge in [-0.1, -0.05) is 11.3 Å². The number of aryl methyl sites for hydroxylation is 1. The van der Waals surface area contributed by atoms with E-state index in [9.17, 15) is 14.7 Å². The number of rotatable bonds is 4. The van der Waals surface area contributed by atoms with Crippen LogP contribution in [0.25, 0.3) is 10.6 Å². The molecule has 1 aliphatic heterocycles. The molecule has 0 bridgehead atoms. The minimum absolute atomic E-state index is 0.151. The Bertz CT molecular complexity index is 771. The van der Waals surface area contributed by atoms with Crippen LogP contribution >= 0.6 is 22.7 Å². The molecule has 2 N–H and O–H groups in total. The number of hydrogen-bond donors (Lipinski definition) is 2. The van der Waals surface area contributed by atoms with Crippen LogP contribution in [0.4, 0.5) is 10.3 Å². The molecule has 1 amide bonds. The van der Waals surface area contributed by atoms with E-state index in [0.29, 0.717) is 11.7 Å². The van der Waals surface area contributed by atoms with Crippen LogP contribution in [0, 0.1) is 12.8 Å². The standard InChI is InChI=1S/C15H18N4O3S2/c1-8-12(24-14(16-8)17-9(2)20)11-7-23-15(18-11)19-5-3-4-10(6-19)13(21)22/h7,10H,3-6H2,1-2H3,(H,21,22)(H,16,17,20). The zero-order valence-corrected chi connectivity index (χ0v) is 15.0. The molecule has 128 valence electrons. The summed E-state index contributed by atoms with van der Waals surface area (Å²) in [5, 5.41) is 15.3. The highest BCUT2D eigenvalue weighted by atomic mass is 32.1. The lowest BCUT2D eigenvalue weighted by Gasteiger charge is -2.30. The first-order chi connectivity index (χ1) is 11.4. The third-order valence-corrected chi connectivity index (χ3v) is 5.84. The van der Waals surface area contributed by atoms with E-state index in [-0.39, 0.29) is 11.8 Å². The summed E-state index contributed by atoms with van der Waals surface area (Å²) in [6.07, 6.45) is 1.58. The molecule has 9 heteroatoms. The van der Waals surface area contributed by atoms with E-state index in [2.05, 4.69) is 15.3 Å². The van der Waals surface area contributed by atoms with Crippen LogP contribution < -0.4 is 10.2 Å². The van der Waals surface area contributed by atoms with E-state index < -0.39 is 5.97 Å². The van der Waals surface area contributed by atoms with Crippen molar-refractivity contribution in [3.8, 4) is 10.6 Å². The summed E-state index contributed by atoms with van der Waals surface area (Å²) in [5.74, 6) is -1.22. The number of nitrogens with one attached hydrogen (secondary N) is 1. The van der Waals surface area contributed by atoms with Gasteiger partial charge in [0.25, 0.3) is 0 Å². The maximum absolute atomic E-state index is 11.2. The lowest BCUT2D eigenvalue weighted by molar-refractivity contribution is -0.142. The van der Waals surface area contributed by atoms with Crippen molar-refractivity contribution in [2.75, 3.05) is 23.3 Å². The molecule has 1 aliphatic rings. The van der Waals surface area contributed by atoms with Gasteiger partial charge in [-0.25, -0.2) is 9.97 Å². The Labute approximate surface area is 147 Å². The number of piperidine rings is 1. The molecule has 7 nitrogen and oxygen atoms in total. The molecule has 0 aliphatic carbocycles. The molecular formula is C15H18N4O3S2. The Morgan fingerprint density at radius 3 is 2.92 bits per heavy atom.